The summed E-state index contributed by atoms with van der Waals surface area (Å²) < 4.78 is 23.7. The molecule has 2 bridgehead atoms. The maximum absolute atomic E-state index is 13.2. The van der Waals surface area contributed by atoms with Gasteiger partial charge in [0.25, 0.3) is 0 Å². The predicted octanol–water partition coefficient (Wildman–Crippen LogP) is 6.90. The van der Waals surface area contributed by atoms with Crippen molar-refractivity contribution >= 4 is 11.8 Å². The standard InChI is InChI=1S/C44H56N2O7/c1-50-38-16-10-35(11-17-38)44(36-12-18-39(51-2)19-13-36,37-14-20-40(52-3)21-15-37)53-31-43(30-47)22-25-46(26-23-43)42(49)7-5-4-6-24-45-41(48)29-34-28-32-8-9-33(34)27-32/h8-21,32-34,47H,4-7,22-31H2,1-3H3,(H,45,48). The number of nitrogens with zero attached hydrogens (tertiary/aromatic N) is 1. The van der Waals surface area contributed by atoms with Crippen molar-refractivity contribution in [2.45, 2.75) is 63.4 Å². The zero-order chi connectivity index (χ0) is 37.3. The maximum atomic E-state index is 13.2. The number of unbranched alkanes of at least 4 members (excludes halogenated alkanes) is 2. The quantitative estimate of drug-likeness (QED) is 0.0836. The molecule has 0 aromatic heterocycles. The van der Waals surface area contributed by atoms with Gasteiger partial charge >= 0.3 is 0 Å². The Bertz CT molecular complexity index is 1550. The van der Waals surface area contributed by atoms with Gasteiger partial charge in [-0.2, -0.15) is 0 Å². The maximum Gasteiger partial charge on any atom is 0.222 e. The molecule has 0 spiro atoms. The van der Waals surface area contributed by atoms with Gasteiger partial charge in [0.05, 0.1) is 34.5 Å². The van der Waals surface area contributed by atoms with Crippen molar-refractivity contribution in [3.63, 3.8) is 0 Å². The van der Waals surface area contributed by atoms with Crippen molar-refractivity contribution in [3.05, 3.63) is 102 Å². The lowest BCUT2D eigenvalue weighted by atomic mass is 9.77. The summed E-state index contributed by atoms with van der Waals surface area (Å²) in [6.45, 7) is 2.02. The molecule has 2 amide bonds. The van der Waals surface area contributed by atoms with Gasteiger partial charge in [-0.1, -0.05) is 55.0 Å². The van der Waals surface area contributed by atoms with Crippen LogP contribution >= 0.6 is 0 Å². The van der Waals surface area contributed by atoms with Crippen LogP contribution in [0.2, 0.25) is 0 Å². The van der Waals surface area contributed by atoms with Gasteiger partial charge in [0, 0.05) is 37.9 Å². The zero-order valence-electron chi connectivity index (χ0n) is 31.6. The highest BCUT2D eigenvalue weighted by Crippen LogP contribution is 2.46. The van der Waals surface area contributed by atoms with Gasteiger partial charge in [-0.15, -0.1) is 0 Å². The van der Waals surface area contributed by atoms with Crippen molar-refractivity contribution in [1.82, 2.24) is 10.2 Å². The molecule has 9 heteroatoms. The van der Waals surface area contributed by atoms with Gasteiger partial charge in [-0.25, -0.2) is 0 Å². The number of rotatable bonds is 18. The number of aliphatic hydroxyl groups excluding tert-OH is 1. The van der Waals surface area contributed by atoms with Crippen LogP contribution in [-0.2, 0) is 19.9 Å². The number of amides is 2. The second kappa shape index (κ2) is 17.7. The Morgan fingerprint density at radius 1 is 0.774 bits per heavy atom. The molecular formula is C44H56N2O7. The Hall–Kier alpha value is -4.34. The van der Waals surface area contributed by atoms with Crippen LogP contribution in [-0.4, -0.2) is 76.0 Å². The zero-order valence-corrected chi connectivity index (χ0v) is 31.6. The van der Waals surface area contributed by atoms with Crippen LogP contribution in [0.4, 0.5) is 0 Å². The van der Waals surface area contributed by atoms with Crippen molar-refractivity contribution in [2.24, 2.45) is 23.2 Å². The predicted molar refractivity (Wildman–Crippen MR) is 205 cm³/mol. The molecule has 6 rings (SSSR count). The molecule has 3 atom stereocenters. The van der Waals surface area contributed by atoms with E-state index in [-0.39, 0.29) is 25.0 Å². The molecule has 3 aliphatic rings. The van der Waals surface area contributed by atoms with Crippen LogP contribution in [0.15, 0.2) is 84.9 Å². The first-order chi connectivity index (χ1) is 25.8. The summed E-state index contributed by atoms with van der Waals surface area (Å²) in [5, 5.41) is 14.0. The minimum absolute atomic E-state index is 0.0522. The van der Waals surface area contributed by atoms with Gasteiger partial charge in [-0.05, 0) is 109 Å². The van der Waals surface area contributed by atoms with E-state index < -0.39 is 11.0 Å². The Morgan fingerprint density at radius 2 is 1.32 bits per heavy atom. The van der Waals surface area contributed by atoms with Crippen molar-refractivity contribution in [3.8, 4) is 17.2 Å². The van der Waals surface area contributed by atoms with E-state index in [1.165, 1.54) is 6.42 Å². The fourth-order valence-electron chi connectivity index (χ4n) is 8.47. The smallest absolute Gasteiger partial charge is 0.222 e. The summed E-state index contributed by atoms with van der Waals surface area (Å²) in [4.78, 5) is 27.6. The lowest BCUT2D eigenvalue weighted by molar-refractivity contribution is -0.137. The van der Waals surface area contributed by atoms with E-state index in [9.17, 15) is 14.7 Å². The fraction of sp³-hybridized carbons (Fsp3) is 0.500. The Balaban J connectivity index is 1.07. The number of carbonyl (C=O) groups is 2. The third-order valence-electron chi connectivity index (χ3n) is 11.9. The van der Waals surface area contributed by atoms with Gasteiger partial charge in [0.1, 0.15) is 22.8 Å². The Kier molecular flexibility index (Phi) is 12.8. The molecule has 2 aliphatic carbocycles. The average Bonchev–Trinajstić information content (AvgIpc) is 3.84. The molecule has 3 aromatic carbocycles. The highest BCUT2D eigenvalue weighted by atomic mass is 16.5. The normalized spacial score (nSPS) is 20.3. The van der Waals surface area contributed by atoms with E-state index >= 15 is 0 Å². The number of likely N-dealkylation sites (tertiary alicyclic amines) is 1. The van der Waals surface area contributed by atoms with Gasteiger partial charge in [-0.3, -0.25) is 9.59 Å². The van der Waals surface area contributed by atoms with Crippen LogP contribution in [0.3, 0.4) is 0 Å². The molecule has 1 aliphatic heterocycles. The number of nitrogens with one attached hydrogen (secondary N) is 1. The molecule has 2 fully saturated rings. The number of benzene rings is 3. The van der Waals surface area contributed by atoms with Crippen LogP contribution in [0.25, 0.3) is 0 Å². The molecule has 284 valence electrons. The third-order valence-corrected chi connectivity index (χ3v) is 11.9. The van der Waals surface area contributed by atoms with E-state index in [1.807, 2.05) is 77.7 Å². The molecule has 53 heavy (non-hydrogen) atoms. The number of methoxy groups -OCH3 is 3. The second-order valence-corrected chi connectivity index (χ2v) is 15.1. The summed E-state index contributed by atoms with van der Waals surface area (Å²) in [5.74, 6) is 4.30. The number of fused-ring (bicyclic) bond motifs is 2. The first kappa shape index (κ1) is 38.4. The van der Waals surface area contributed by atoms with Crippen molar-refractivity contribution in [1.29, 1.82) is 0 Å². The van der Waals surface area contributed by atoms with Crippen LogP contribution in [0, 0.1) is 23.2 Å². The molecule has 1 saturated heterocycles. The summed E-state index contributed by atoms with van der Waals surface area (Å²) >= 11 is 0. The topological polar surface area (TPSA) is 107 Å². The summed E-state index contributed by atoms with van der Waals surface area (Å²) in [6.07, 6.45) is 11.9. The molecule has 3 aromatic rings. The Labute approximate surface area is 314 Å². The highest BCUT2D eigenvalue weighted by molar-refractivity contribution is 5.76. The number of allylic oxidation sites excluding steroid dienone is 2. The molecule has 2 N–H and O–H groups in total. The largest absolute Gasteiger partial charge is 0.497 e. The lowest BCUT2D eigenvalue weighted by Crippen LogP contribution is -2.48. The van der Waals surface area contributed by atoms with Gasteiger partial charge in [0.2, 0.25) is 11.8 Å². The fourth-order valence-corrected chi connectivity index (χ4v) is 8.47. The second-order valence-electron chi connectivity index (χ2n) is 15.1. The molecule has 9 nitrogen and oxygen atoms in total. The van der Waals surface area contributed by atoms with Crippen LogP contribution in [0.5, 0.6) is 17.2 Å². The minimum Gasteiger partial charge on any atom is -0.497 e. The first-order valence-electron chi connectivity index (χ1n) is 19.2. The highest BCUT2D eigenvalue weighted by Gasteiger charge is 2.43. The summed E-state index contributed by atoms with van der Waals surface area (Å²) in [6, 6.07) is 23.7. The van der Waals surface area contributed by atoms with Crippen molar-refractivity contribution in [2.75, 3.05) is 54.2 Å². The first-order valence-corrected chi connectivity index (χ1v) is 19.2. The molecule has 1 heterocycles. The van der Waals surface area contributed by atoms with E-state index in [4.69, 9.17) is 18.9 Å². The number of carbonyl (C=O) groups excluding carboxylic acids is 2. The van der Waals surface area contributed by atoms with Crippen LogP contribution < -0.4 is 19.5 Å². The summed E-state index contributed by atoms with van der Waals surface area (Å²) in [5.41, 5.74) is 1.17. The lowest BCUT2D eigenvalue weighted by Gasteiger charge is -2.44. The van der Waals surface area contributed by atoms with E-state index in [2.05, 4.69) is 17.5 Å². The van der Waals surface area contributed by atoms with Crippen molar-refractivity contribution < 1.29 is 33.6 Å². The number of hydrogen-bond donors (Lipinski definition) is 2. The Morgan fingerprint density at radius 3 is 1.77 bits per heavy atom. The summed E-state index contributed by atoms with van der Waals surface area (Å²) in [7, 11) is 4.94. The molecular weight excluding hydrogens is 668 g/mol. The number of hydrogen-bond acceptors (Lipinski definition) is 7. The van der Waals surface area contributed by atoms with E-state index in [0.717, 1.165) is 59.6 Å². The van der Waals surface area contributed by atoms with Crippen LogP contribution in [0.1, 0.15) is 74.5 Å². The van der Waals surface area contributed by atoms with Gasteiger partial charge < -0.3 is 34.3 Å². The third kappa shape index (κ3) is 8.90. The van der Waals surface area contributed by atoms with E-state index in [0.29, 0.717) is 63.1 Å². The molecule has 3 unspecified atom stereocenters. The monoisotopic (exact) mass is 724 g/mol. The van der Waals surface area contributed by atoms with Gasteiger partial charge in [0.15, 0.2) is 0 Å². The number of piperidine rings is 1. The molecule has 1 saturated carbocycles. The SMILES string of the molecule is COc1ccc(C(OCC2(CO)CCN(C(=O)CCCCCNC(=O)CC3CC4C=CC3C4)CC2)(c2ccc(OC)cc2)c2ccc(OC)cc2)cc1. The number of aliphatic hydroxyl groups is 1. The minimum atomic E-state index is -1.03. The average molecular weight is 725 g/mol. The number of ether oxygens (including phenoxy) is 4. The van der Waals surface area contributed by atoms with E-state index in [1.54, 1.807) is 21.3 Å². The molecule has 0 radical (unpaired) electrons.